The number of halogens is 1. The van der Waals surface area contributed by atoms with Gasteiger partial charge in [-0.05, 0) is 62.2 Å². The van der Waals surface area contributed by atoms with E-state index < -0.39 is 36.0 Å². The third-order valence-corrected chi connectivity index (χ3v) is 7.06. The van der Waals surface area contributed by atoms with Crippen LogP contribution in [0.15, 0.2) is 48.5 Å². The number of nitrogens with one attached hydrogen (secondary N) is 2. The number of amides is 2. The van der Waals surface area contributed by atoms with Gasteiger partial charge in [0.1, 0.15) is 18.6 Å². The lowest BCUT2D eigenvalue weighted by atomic mass is 10.0. The highest BCUT2D eigenvalue weighted by Crippen LogP contribution is 2.23. The Morgan fingerprint density at radius 2 is 1.69 bits per heavy atom. The Labute approximate surface area is 232 Å². The molecule has 11 heteroatoms. The second kappa shape index (κ2) is 14.3. The highest BCUT2D eigenvalue weighted by molar-refractivity contribution is 6.33. The highest BCUT2D eigenvalue weighted by Gasteiger charge is 2.41. The smallest absolute Gasteiger partial charge is 0.326 e. The van der Waals surface area contributed by atoms with Crippen molar-refractivity contribution in [2.75, 3.05) is 38.4 Å². The van der Waals surface area contributed by atoms with Crippen LogP contribution in [0.1, 0.15) is 31.2 Å². The van der Waals surface area contributed by atoms with Crippen LogP contribution in [-0.2, 0) is 30.3 Å². The van der Waals surface area contributed by atoms with Gasteiger partial charge in [0.05, 0.1) is 17.3 Å². The lowest BCUT2D eigenvalue weighted by Crippen LogP contribution is -2.51. The van der Waals surface area contributed by atoms with Crippen LogP contribution in [0.5, 0.6) is 5.75 Å². The van der Waals surface area contributed by atoms with Crippen molar-refractivity contribution in [2.24, 2.45) is 0 Å². The standard InChI is InChI=1S/C28H34ClN3O7/c29-21-7-2-3-8-22(21)30-26(33)24-25(39-18-38-24)27(34)31-23(28(35)36)17-19-9-11-20(12-10-19)37-16-6-15-32-13-4-1-5-14-32/h2-3,7-12,23-25H,1,4-6,13-18H2,(H,30,33)(H,31,34)(H,35,36). The van der Waals surface area contributed by atoms with Crippen LogP contribution >= 0.6 is 11.6 Å². The van der Waals surface area contributed by atoms with Gasteiger partial charge in [0.15, 0.2) is 12.2 Å². The van der Waals surface area contributed by atoms with Crippen LogP contribution in [0.2, 0.25) is 5.02 Å². The van der Waals surface area contributed by atoms with Crippen LogP contribution in [-0.4, -0.2) is 79.1 Å². The fraction of sp³-hybridized carbons (Fsp3) is 0.464. The molecule has 0 radical (unpaired) electrons. The predicted octanol–water partition coefficient (Wildman–Crippen LogP) is 3.09. The third-order valence-electron chi connectivity index (χ3n) is 6.73. The van der Waals surface area contributed by atoms with E-state index in [4.69, 9.17) is 25.8 Å². The molecule has 2 aliphatic heterocycles. The van der Waals surface area contributed by atoms with Crippen molar-refractivity contribution >= 4 is 35.1 Å². The monoisotopic (exact) mass is 559 g/mol. The van der Waals surface area contributed by atoms with E-state index in [1.54, 1.807) is 48.5 Å². The average Bonchev–Trinajstić information content (AvgIpc) is 3.44. The summed E-state index contributed by atoms with van der Waals surface area (Å²) in [6, 6.07) is 12.5. The first kappa shape index (κ1) is 28.8. The van der Waals surface area contributed by atoms with E-state index in [0.29, 0.717) is 28.6 Å². The lowest BCUT2D eigenvalue weighted by molar-refractivity contribution is -0.144. The van der Waals surface area contributed by atoms with Gasteiger partial charge in [0.2, 0.25) is 0 Å². The fourth-order valence-electron chi connectivity index (χ4n) is 4.63. The molecule has 0 bridgehead atoms. The number of piperidine rings is 1. The number of nitrogens with zero attached hydrogens (tertiary/aromatic N) is 1. The summed E-state index contributed by atoms with van der Waals surface area (Å²) < 4.78 is 16.4. The number of benzene rings is 2. The lowest BCUT2D eigenvalue weighted by Gasteiger charge is -2.26. The molecule has 2 amide bonds. The maximum atomic E-state index is 12.9. The molecule has 2 fully saturated rings. The minimum atomic E-state index is -1.31. The highest BCUT2D eigenvalue weighted by atomic mass is 35.5. The first-order valence-electron chi connectivity index (χ1n) is 13.2. The van der Waals surface area contributed by atoms with Crippen LogP contribution in [0.3, 0.4) is 0 Å². The van der Waals surface area contributed by atoms with Gasteiger partial charge < -0.3 is 34.9 Å². The summed E-state index contributed by atoms with van der Waals surface area (Å²) in [4.78, 5) is 40.0. The van der Waals surface area contributed by atoms with E-state index in [-0.39, 0.29) is 13.2 Å². The second-order valence-electron chi connectivity index (χ2n) is 9.61. The van der Waals surface area contributed by atoms with Crippen LogP contribution in [0.4, 0.5) is 5.69 Å². The first-order valence-corrected chi connectivity index (χ1v) is 13.5. The predicted molar refractivity (Wildman–Crippen MR) is 145 cm³/mol. The number of aliphatic carboxylic acids is 1. The van der Waals surface area contributed by atoms with E-state index in [9.17, 15) is 19.5 Å². The number of anilines is 1. The molecule has 2 heterocycles. The Morgan fingerprint density at radius 1 is 1.00 bits per heavy atom. The van der Waals surface area contributed by atoms with Crippen molar-refractivity contribution < 1.29 is 33.7 Å². The molecular weight excluding hydrogens is 526 g/mol. The minimum absolute atomic E-state index is 0.0420. The molecule has 0 aliphatic carbocycles. The van der Waals surface area contributed by atoms with Gasteiger partial charge in [-0.2, -0.15) is 0 Å². The van der Waals surface area contributed by atoms with Gasteiger partial charge in [-0.1, -0.05) is 42.3 Å². The summed E-state index contributed by atoms with van der Waals surface area (Å²) in [6.07, 6.45) is 2.26. The summed E-state index contributed by atoms with van der Waals surface area (Å²) in [7, 11) is 0. The van der Waals surface area contributed by atoms with Crippen LogP contribution in [0.25, 0.3) is 0 Å². The largest absolute Gasteiger partial charge is 0.494 e. The van der Waals surface area contributed by atoms with Gasteiger partial charge >= 0.3 is 5.97 Å². The van der Waals surface area contributed by atoms with E-state index >= 15 is 0 Å². The first-order chi connectivity index (χ1) is 18.9. The molecule has 2 aromatic rings. The maximum absolute atomic E-state index is 12.9. The Balaban J connectivity index is 1.26. The summed E-state index contributed by atoms with van der Waals surface area (Å²) in [5.74, 6) is -1.89. The quantitative estimate of drug-likeness (QED) is 0.339. The zero-order chi connectivity index (χ0) is 27.6. The van der Waals surface area contributed by atoms with E-state index in [1.165, 1.54) is 19.3 Å². The number of likely N-dealkylation sites (tertiary alicyclic amines) is 1. The molecule has 0 spiro atoms. The Kier molecular flexibility index (Phi) is 10.5. The molecular formula is C28H34ClN3O7. The van der Waals surface area contributed by atoms with Crippen molar-refractivity contribution in [2.45, 2.75) is 50.4 Å². The summed E-state index contributed by atoms with van der Waals surface area (Å²) in [6.45, 7) is 3.67. The number of ether oxygens (including phenoxy) is 3. The summed E-state index contributed by atoms with van der Waals surface area (Å²) in [5.41, 5.74) is 1.07. The SMILES string of the molecule is O=C(O)C(Cc1ccc(OCCCN2CCCCC2)cc1)NC(=O)C1OCOC1C(=O)Nc1ccccc1Cl. The molecule has 10 nitrogen and oxygen atoms in total. The normalized spacial score (nSPS) is 20.2. The fourth-order valence-corrected chi connectivity index (χ4v) is 4.81. The molecule has 2 aromatic carbocycles. The van der Waals surface area contributed by atoms with Crippen molar-refractivity contribution in [3.63, 3.8) is 0 Å². The van der Waals surface area contributed by atoms with Crippen molar-refractivity contribution in [1.29, 1.82) is 0 Å². The number of para-hydroxylation sites is 1. The molecule has 210 valence electrons. The number of carbonyl (C=O) groups is 3. The number of hydrogen-bond donors (Lipinski definition) is 3. The van der Waals surface area contributed by atoms with Crippen LogP contribution < -0.4 is 15.4 Å². The van der Waals surface area contributed by atoms with Crippen LogP contribution in [0, 0.1) is 0 Å². The Hall–Kier alpha value is -3.18. The summed E-state index contributed by atoms with van der Waals surface area (Å²) >= 11 is 6.08. The van der Waals surface area contributed by atoms with Crippen molar-refractivity contribution in [1.82, 2.24) is 10.2 Å². The molecule has 3 unspecified atom stereocenters. The second-order valence-corrected chi connectivity index (χ2v) is 10.0. The third kappa shape index (κ3) is 8.40. The molecule has 0 aromatic heterocycles. The maximum Gasteiger partial charge on any atom is 0.326 e. The minimum Gasteiger partial charge on any atom is -0.494 e. The van der Waals surface area contributed by atoms with Gasteiger partial charge in [0.25, 0.3) is 11.8 Å². The van der Waals surface area contributed by atoms with Gasteiger partial charge in [0, 0.05) is 13.0 Å². The number of carboxylic acid groups (broad SMARTS) is 1. The van der Waals surface area contributed by atoms with E-state index in [1.807, 2.05) is 0 Å². The number of rotatable bonds is 12. The van der Waals surface area contributed by atoms with Gasteiger partial charge in [-0.25, -0.2) is 4.79 Å². The molecule has 2 aliphatic rings. The van der Waals surface area contributed by atoms with E-state index in [0.717, 1.165) is 26.1 Å². The zero-order valence-electron chi connectivity index (χ0n) is 21.6. The topological polar surface area (TPSA) is 126 Å². The number of carbonyl (C=O) groups excluding carboxylic acids is 2. The summed E-state index contributed by atoms with van der Waals surface area (Å²) in [5, 5.41) is 15.1. The Morgan fingerprint density at radius 3 is 2.38 bits per heavy atom. The van der Waals surface area contributed by atoms with Crippen molar-refractivity contribution in [3.05, 3.63) is 59.1 Å². The molecule has 4 rings (SSSR count). The number of carboxylic acids is 1. The van der Waals surface area contributed by atoms with Gasteiger partial charge in [-0.3, -0.25) is 9.59 Å². The molecule has 0 saturated carbocycles. The average molecular weight is 560 g/mol. The van der Waals surface area contributed by atoms with Gasteiger partial charge in [-0.15, -0.1) is 0 Å². The van der Waals surface area contributed by atoms with Crippen molar-refractivity contribution in [3.8, 4) is 5.75 Å². The molecule has 3 atom stereocenters. The number of hydrogen-bond acceptors (Lipinski definition) is 7. The Bertz CT molecular complexity index is 1120. The van der Waals surface area contributed by atoms with E-state index in [2.05, 4.69) is 15.5 Å². The molecule has 3 N–H and O–H groups in total. The zero-order valence-corrected chi connectivity index (χ0v) is 22.4. The molecule has 39 heavy (non-hydrogen) atoms. The molecule has 2 saturated heterocycles.